The Bertz CT molecular complexity index is 143. The number of carbonyl (C=O) groups is 1. The van der Waals surface area contributed by atoms with Crippen molar-refractivity contribution in [3.8, 4) is 0 Å². The summed E-state index contributed by atoms with van der Waals surface area (Å²) in [7, 11) is 0. The summed E-state index contributed by atoms with van der Waals surface area (Å²) >= 11 is 0. The van der Waals surface area contributed by atoms with E-state index in [0.29, 0.717) is 6.61 Å². The topological polar surface area (TPSA) is 35.5 Å². The first kappa shape index (κ1) is 5.23. The molecule has 2 unspecified atom stereocenters. The van der Waals surface area contributed by atoms with E-state index in [9.17, 15) is 4.79 Å². The second kappa shape index (κ2) is 1.70. The Morgan fingerprint density at radius 1 is 1.56 bits per heavy atom. The lowest BCUT2D eigenvalue weighted by molar-refractivity contribution is -0.146. The van der Waals surface area contributed by atoms with Gasteiger partial charge in [-0.3, -0.25) is 0 Å². The Kier molecular flexibility index (Phi) is 0.990. The third-order valence-corrected chi connectivity index (χ3v) is 1.78. The SMILES string of the molecule is O=C1OC2CCOC1C2. The van der Waals surface area contributed by atoms with Gasteiger partial charge in [-0.2, -0.15) is 0 Å². The summed E-state index contributed by atoms with van der Waals surface area (Å²) in [5.41, 5.74) is 0. The molecule has 0 amide bonds. The zero-order valence-corrected chi connectivity index (χ0v) is 5.00. The molecule has 0 spiro atoms. The molecule has 50 valence electrons. The van der Waals surface area contributed by atoms with Gasteiger partial charge in [-0.05, 0) is 0 Å². The minimum absolute atomic E-state index is 0.163. The highest BCUT2D eigenvalue weighted by Gasteiger charge is 2.38. The maximum atomic E-state index is 10.7. The van der Waals surface area contributed by atoms with Crippen LogP contribution in [0.25, 0.3) is 0 Å². The summed E-state index contributed by atoms with van der Waals surface area (Å²) in [6.45, 7) is 0.682. The van der Waals surface area contributed by atoms with Crippen molar-refractivity contribution in [3.63, 3.8) is 0 Å². The van der Waals surface area contributed by atoms with Gasteiger partial charge in [-0.1, -0.05) is 0 Å². The summed E-state index contributed by atoms with van der Waals surface area (Å²) in [6.07, 6.45) is 1.58. The standard InChI is InChI=1S/C6H8O3/c7-6-5-3-4(9-6)1-2-8-5/h4-5H,1-3H2. The highest BCUT2D eigenvalue weighted by molar-refractivity contribution is 5.77. The number of esters is 1. The Morgan fingerprint density at radius 3 is 3.11 bits per heavy atom. The molecule has 2 aliphatic heterocycles. The lowest BCUT2D eigenvalue weighted by Gasteiger charge is -2.13. The van der Waals surface area contributed by atoms with Crippen LogP contribution in [0.15, 0.2) is 0 Å². The predicted octanol–water partition coefficient (Wildman–Crippen LogP) is 0.0908. The summed E-state index contributed by atoms with van der Waals surface area (Å²) in [6, 6.07) is 0. The molecule has 0 aliphatic carbocycles. The van der Waals surface area contributed by atoms with Crippen molar-refractivity contribution in [2.75, 3.05) is 6.61 Å². The molecular weight excluding hydrogens is 120 g/mol. The van der Waals surface area contributed by atoms with Crippen molar-refractivity contribution in [2.45, 2.75) is 25.0 Å². The monoisotopic (exact) mass is 128 g/mol. The quantitative estimate of drug-likeness (QED) is 0.434. The first-order valence-electron chi connectivity index (χ1n) is 3.18. The molecule has 2 saturated heterocycles. The highest BCUT2D eigenvalue weighted by atomic mass is 16.6. The predicted molar refractivity (Wildman–Crippen MR) is 28.9 cm³/mol. The fraction of sp³-hybridized carbons (Fsp3) is 0.833. The summed E-state index contributed by atoms with van der Waals surface area (Å²) in [5.74, 6) is -0.169. The van der Waals surface area contributed by atoms with Crippen LogP contribution >= 0.6 is 0 Å². The molecule has 3 heteroatoms. The molecule has 2 fully saturated rings. The van der Waals surface area contributed by atoms with Crippen LogP contribution in [0.5, 0.6) is 0 Å². The second-order valence-electron chi connectivity index (χ2n) is 2.44. The molecule has 0 aromatic carbocycles. The molecule has 2 rings (SSSR count). The number of hydrogen-bond acceptors (Lipinski definition) is 3. The Labute approximate surface area is 52.9 Å². The van der Waals surface area contributed by atoms with E-state index in [-0.39, 0.29) is 18.2 Å². The molecule has 3 nitrogen and oxygen atoms in total. The summed E-state index contributed by atoms with van der Waals surface area (Å²) < 4.78 is 10.0. The fourth-order valence-electron chi connectivity index (χ4n) is 1.28. The maximum absolute atomic E-state index is 10.7. The largest absolute Gasteiger partial charge is 0.460 e. The molecule has 0 N–H and O–H groups in total. The van der Waals surface area contributed by atoms with Crippen molar-refractivity contribution in [3.05, 3.63) is 0 Å². The average Bonchev–Trinajstić information content (AvgIpc) is 2.09. The second-order valence-corrected chi connectivity index (χ2v) is 2.44. The van der Waals surface area contributed by atoms with Crippen LogP contribution in [-0.2, 0) is 14.3 Å². The number of ether oxygens (including phenoxy) is 2. The van der Waals surface area contributed by atoms with Crippen LogP contribution in [0.1, 0.15) is 12.8 Å². The minimum atomic E-state index is -0.233. The Morgan fingerprint density at radius 2 is 2.44 bits per heavy atom. The lowest BCUT2D eigenvalue weighted by atomic mass is 10.1. The van der Waals surface area contributed by atoms with Crippen molar-refractivity contribution >= 4 is 5.97 Å². The lowest BCUT2D eigenvalue weighted by Crippen LogP contribution is -2.22. The summed E-state index contributed by atoms with van der Waals surface area (Å²) in [5, 5.41) is 0. The van der Waals surface area contributed by atoms with E-state index in [0.717, 1.165) is 12.8 Å². The fourth-order valence-corrected chi connectivity index (χ4v) is 1.28. The summed E-state index contributed by atoms with van der Waals surface area (Å²) in [4.78, 5) is 10.7. The van der Waals surface area contributed by atoms with Gasteiger partial charge in [0.15, 0.2) is 6.10 Å². The molecule has 0 aromatic rings. The number of carbonyl (C=O) groups excluding carboxylic acids is 1. The first-order valence-corrected chi connectivity index (χ1v) is 3.18. The molecule has 2 heterocycles. The molecule has 2 aliphatic rings. The van der Waals surface area contributed by atoms with Gasteiger partial charge in [0.2, 0.25) is 0 Å². The van der Waals surface area contributed by atoms with Crippen LogP contribution in [-0.4, -0.2) is 24.8 Å². The van der Waals surface area contributed by atoms with E-state index < -0.39 is 0 Å². The number of rotatable bonds is 0. The number of fused-ring (bicyclic) bond motifs is 2. The smallest absolute Gasteiger partial charge is 0.335 e. The van der Waals surface area contributed by atoms with E-state index in [1.807, 2.05) is 0 Å². The first-order chi connectivity index (χ1) is 4.36. The molecular formula is C6H8O3. The third-order valence-electron chi connectivity index (χ3n) is 1.78. The minimum Gasteiger partial charge on any atom is -0.460 e. The average molecular weight is 128 g/mol. The molecule has 0 saturated carbocycles. The molecule has 2 atom stereocenters. The van der Waals surface area contributed by atoms with E-state index >= 15 is 0 Å². The van der Waals surface area contributed by atoms with E-state index in [1.165, 1.54) is 0 Å². The van der Waals surface area contributed by atoms with Gasteiger partial charge in [-0.15, -0.1) is 0 Å². The van der Waals surface area contributed by atoms with Crippen molar-refractivity contribution in [2.24, 2.45) is 0 Å². The normalized spacial score (nSPS) is 40.7. The van der Waals surface area contributed by atoms with Gasteiger partial charge in [0.1, 0.15) is 6.10 Å². The van der Waals surface area contributed by atoms with Crippen LogP contribution in [0.2, 0.25) is 0 Å². The van der Waals surface area contributed by atoms with Crippen LogP contribution in [0.4, 0.5) is 0 Å². The van der Waals surface area contributed by atoms with Crippen molar-refractivity contribution < 1.29 is 14.3 Å². The van der Waals surface area contributed by atoms with E-state index in [2.05, 4.69) is 0 Å². The molecule has 0 aromatic heterocycles. The van der Waals surface area contributed by atoms with Gasteiger partial charge in [0.25, 0.3) is 0 Å². The third kappa shape index (κ3) is 0.721. The van der Waals surface area contributed by atoms with Gasteiger partial charge in [-0.25, -0.2) is 4.79 Å². The van der Waals surface area contributed by atoms with Crippen LogP contribution in [0, 0.1) is 0 Å². The van der Waals surface area contributed by atoms with Gasteiger partial charge in [0.05, 0.1) is 6.61 Å². The maximum Gasteiger partial charge on any atom is 0.335 e. The zero-order valence-electron chi connectivity index (χ0n) is 5.00. The van der Waals surface area contributed by atoms with Crippen molar-refractivity contribution in [1.82, 2.24) is 0 Å². The zero-order chi connectivity index (χ0) is 6.27. The molecule has 9 heavy (non-hydrogen) atoms. The van der Waals surface area contributed by atoms with E-state index in [1.54, 1.807) is 0 Å². The van der Waals surface area contributed by atoms with E-state index in [4.69, 9.17) is 9.47 Å². The van der Waals surface area contributed by atoms with Crippen LogP contribution in [0.3, 0.4) is 0 Å². The number of hydrogen-bond donors (Lipinski definition) is 0. The Hall–Kier alpha value is -0.570. The Balaban J connectivity index is 2.15. The van der Waals surface area contributed by atoms with Gasteiger partial charge in [0, 0.05) is 12.8 Å². The molecule has 0 radical (unpaired) electrons. The van der Waals surface area contributed by atoms with Gasteiger partial charge >= 0.3 is 5.97 Å². The van der Waals surface area contributed by atoms with Gasteiger partial charge < -0.3 is 9.47 Å². The molecule has 2 bridgehead atoms. The van der Waals surface area contributed by atoms with Crippen molar-refractivity contribution in [1.29, 1.82) is 0 Å². The van der Waals surface area contributed by atoms with Crippen LogP contribution < -0.4 is 0 Å². The highest BCUT2D eigenvalue weighted by Crippen LogP contribution is 2.24.